The van der Waals surface area contributed by atoms with Crippen LogP contribution in [0.15, 0.2) is 47.1 Å². The van der Waals surface area contributed by atoms with Crippen molar-refractivity contribution in [2.24, 2.45) is 0 Å². The first-order valence-electron chi connectivity index (χ1n) is 8.99. The molecule has 1 aromatic heterocycles. The van der Waals surface area contributed by atoms with E-state index in [4.69, 9.17) is 9.68 Å². The van der Waals surface area contributed by atoms with E-state index in [-0.39, 0.29) is 18.1 Å². The van der Waals surface area contributed by atoms with Gasteiger partial charge in [-0.15, -0.1) is 0 Å². The summed E-state index contributed by atoms with van der Waals surface area (Å²) in [7, 11) is 0. The Bertz CT molecular complexity index is 743. The molecule has 0 aliphatic carbocycles. The van der Waals surface area contributed by atoms with Gasteiger partial charge in [-0.05, 0) is 62.7 Å². The van der Waals surface area contributed by atoms with Crippen LogP contribution in [0.5, 0.6) is 0 Å². The molecule has 0 spiro atoms. The number of amides is 2. The molecule has 0 bridgehead atoms. The van der Waals surface area contributed by atoms with Gasteiger partial charge in [-0.2, -0.15) is 5.26 Å². The smallest absolute Gasteiger partial charge is 0.315 e. The number of benzene rings is 1. The van der Waals surface area contributed by atoms with E-state index in [0.717, 1.165) is 24.4 Å². The van der Waals surface area contributed by atoms with Gasteiger partial charge in [-0.1, -0.05) is 12.1 Å². The first-order chi connectivity index (χ1) is 12.7. The van der Waals surface area contributed by atoms with Gasteiger partial charge < -0.3 is 15.1 Å². The second kappa shape index (κ2) is 8.54. The van der Waals surface area contributed by atoms with Crippen LogP contribution < -0.4 is 10.6 Å². The van der Waals surface area contributed by atoms with Gasteiger partial charge in [0, 0.05) is 6.54 Å². The van der Waals surface area contributed by atoms with E-state index in [1.807, 2.05) is 31.2 Å². The standard InChI is InChI=1S/C20H24N4O2/c1-15(17-8-6-16(13-21)7-9-17)23-20(25)22-14-18(19-5-4-12-26-19)24-10-2-3-11-24/h4-9,12,15,18H,2-3,10-11,14H2,1H3,(H2,22,23,25). The zero-order valence-electron chi connectivity index (χ0n) is 14.9. The number of carbonyl (C=O) groups is 1. The normalized spacial score (nSPS) is 16.6. The summed E-state index contributed by atoms with van der Waals surface area (Å²) in [4.78, 5) is 14.7. The molecule has 1 saturated heterocycles. The van der Waals surface area contributed by atoms with E-state index in [1.54, 1.807) is 18.4 Å². The number of furan rings is 1. The van der Waals surface area contributed by atoms with Gasteiger partial charge in [-0.25, -0.2) is 4.79 Å². The van der Waals surface area contributed by atoms with Gasteiger partial charge in [0.1, 0.15) is 5.76 Å². The molecule has 6 heteroatoms. The summed E-state index contributed by atoms with van der Waals surface area (Å²) in [5.74, 6) is 0.882. The molecule has 2 aromatic rings. The minimum absolute atomic E-state index is 0.0588. The molecule has 1 aliphatic rings. The topological polar surface area (TPSA) is 81.3 Å². The lowest BCUT2D eigenvalue weighted by Gasteiger charge is -2.26. The molecule has 2 unspecified atom stereocenters. The van der Waals surface area contributed by atoms with Crippen molar-refractivity contribution in [2.75, 3.05) is 19.6 Å². The van der Waals surface area contributed by atoms with Gasteiger partial charge >= 0.3 is 6.03 Å². The molecule has 2 atom stereocenters. The van der Waals surface area contributed by atoms with Crippen molar-refractivity contribution in [3.05, 3.63) is 59.5 Å². The van der Waals surface area contributed by atoms with Crippen LogP contribution in [0.2, 0.25) is 0 Å². The third kappa shape index (κ3) is 4.44. The molecular weight excluding hydrogens is 328 g/mol. The second-order valence-corrected chi connectivity index (χ2v) is 6.58. The number of hydrogen-bond donors (Lipinski definition) is 2. The SMILES string of the molecule is CC(NC(=O)NCC(c1ccco1)N1CCCC1)c1ccc(C#N)cc1. The van der Waals surface area contributed by atoms with E-state index in [9.17, 15) is 4.79 Å². The first-order valence-corrected chi connectivity index (χ1v) is 8.99. The maximum absolute atomic E-state index is 12.3. The fourth-order valence-electron chi connectivity index (χ4n) is 3.31. The molecule has 136 valence electrons. The lowest BCUT2D eigenvalue weighted by atomic mass is 10.1. The fraction of sp³-hybridized carbons (Fsp3) is 0.400. The Morgan fingerprint density at radius 1 is 1.27 bits per heavy atom. The molecule has 2 amide bonds. The van der Waals surface area contributed by atoms with Crippen molar-refractivity contribution < 1.29 is 9.21 Å². The Balaban J connectivity index is 1.55. The summed E-state index contributed by atoms with van der Waals surface area (Å²) in [6, 6.07) is 12.9. The average Bonchev–Trinajstić information content (AvgIpc) is 3.36. The van der Waals surface area contributed by atoms with Crippen molar-refractivity contribution in [1.82, 2.24) is 15.5 Å². The molecule has 1 fully saturated rings. The fourth-order valence-corrected chi connectivity index (χ4v) is 3.31. The van der Waals surface area contributed by atoms with Crippen molar-refractivity contribution in [1.29, 1.82) is 5.26 Å². The van der Waals surface area contributed by atoms with Crippen molar-refractivity contribution in [3.63, 3.8) is 0 Å². The quantitative estimate of drug-likeness (QED) is 0.835. The van der Waals surface area contributed by atoms with Crippen LogP contribution in [-0.2, 0) is 0 Å². The van der Waals surface area contributed by atoms with Gasteiger partial charge in [0.25, 0.3) is 0 Å². The van der Waals surface area contributed by atoms with Crippen LogP contribution in [0.3, 0.4) is 0 Å². The van der Waals surface area contributed by atoms with E-state index in [1.165, 1.54) is 12.8 Å². The summed E-state index contributed by atoms with van der Waals surface area (Å²) >= 11 is 0. The van der Waals surface area contributed by atoms with Gasteiger partial charge in [-0.3, -0.25) is 4.90 Å². The zero-order valence-corrected chi connectivity index (χ0v) is 14.9. The number of nitrogens with zero attached hydrogens (tertiary/aromatic N) is 2. The zero-order chi connectivity index (χ0) is 18.4. The van der Waals surface area contributed by atoms with Crippen LogP contribution in [0, 0.1) is 11.3 Å². The first kappa shape index (κ1) is 18.0. The summed E-state index contributed by atoms with van der Waals surface area (Å²) < 4.78 is 5.57. The van der Waals surface area contributed by atoms with Gasteiger partial charge in [0.15, 0.2) is 0 Å². The van der Waals surface area contributed by atoms with Crippen molar-refractivity contribution >= 4 is 6.03 Å². The Hall–Kier alpha value is -2.78. The molecular formula is C20H24N4O2. The summed E-state index contributed by atoms with van der Waals surface area (Å²) in [6.45, 7) is 4.47. The van der Waals surface area contributed by atoms with E-state index < -0.39 is 0 Å². The molecule has 6 nitrogen and oxygen atoms in total. The number of carbonyl (C=O) groups excluding carboxylic acids is 1. The predicted molar refractivity (Wildman–Crippen MR) is 98.4 cm³/mol. The number of urea groups is 1. The minimum atomic E-state index is -0.211. The van der Waals surface area contributed by atoms with Crippen LogP contribution in [0.4, 0.5) is 4.79 Å². The van der Waals surface area contributed by atoms with E-state index in [0.29, 0.717) is 12.1 Å². The highest BCUT2D eigenvalue weighted by Gasteiger charge is 2.26. The van der Waals surface area contributed by atoms with Crippen molar-refractivity contribution in [3.8, 4) is 6.07 Å². The molecule has 26 heavy (non-hydrogen) atoms. The largest absolute Gasteiger partial charge is 0.468 e. The van der Waals surface area contributed by atoms with Crippen LogP contribution in [-0.4, -0.2) is 30.6 Å². The lowest BCUT2D eigenvalue weighted by Crippen LogP contribution is -2.42. The second-order valence-electron chi connectivity index (χ2n) is 6.58. The average molecular weight is 352 g/mol. The predicted octanol–water partition coefficient (Wildman–Crippen LogP) is 3.35. The maximum atomic E-state index is 12.3. The number of nitriles is 1. The van der Waals surface area contributed by atoms with Gasteiger partial charge in [0.2, 0.25) is 0 Å². The Kier molecular flexibility index (Phi) is 5.92. The maximum Gasteiger partial charge on any atom is 0.315 e. The number of hydrogen-bond acceptors (Lipinski definition) is 4. The summed E-state index contributed by atoms with van der Waals surface area (Å²) in [5.41, 5.74) is 1.57. The Morgan fingerprint density at radius 3 is 2.62 bits per heavy atom. The van der Waals surface area contributed by atoms with Crippen LogP contribution in [0.25, 0.3) is 0 Å². The molecule has 0 saturated carbocycles. The molecule has 1 aliphatic heterocycles. The monoisotopic (exact) mass is 352 g/mol. The van der Waals surface area contributed by atoms with Crippen LogP contribution in [0.1, 0.15) is 48.7 Å². The summed E-state index contributed by atoms with van der Waals surface area (Å²) in [6.07, 6.45) is 4.03. The molecule has 3 rings (SSSR count). The number of rotatable bonds is 6. The van der Waals surface area contributed by atoms with Gasteiger partial charge in [0.05, 0.1) is 30.0 Å². The molecule has 0 radical (unpaired) electrons. The van der Waals surface area contributed by atoms with Crippen molar-refractivity contribution in [2.45, 2.75) is 31.8 Å². The molecule has 2 N–H and O–H groups in total. The highest BCUT2D eigenvalue weighted by Crippen LogP contribution is 2.24. The number of likely N-dealkylation sites (tertiary alicyclic amines) is 1. The molecule has 2 heterocycles. The minimum Gasteiger partial charge on any atom is -0.468 e. The Morgan fingerprint density at radius 2 is 2.00 bits per heavy atom. The highest BCUT2D eigenvalue weighted by atomic mass is 16.3. The Labute approximate surface area is 153 Å². The number of nitrogens with one attached hydrogen (secondary N) is 2. The third-order valence-electron chi connectivity index (χ3n) is 4.80. The molecule has 1 aromatic carbocycles. The van der Waals surface area contributed by atoms with E-state index in [2.05, 4.69) is 21.6 Å². The summed E-state index contributed by atoms with van der Waals surface area (Å²) in [5, 5.41) is 14.8. The highest BCUT2D eigenvalue weighted by molar-refractivity contribution is 5.74. The van der Waals surface area contributed by atoms with E-state index >= 15 is 0 Å². The lowest BCUT2D eigenvalue weighted by molar-refractivity contribution is 0.202. The third-order valence-corrected chi connectivity index (χ3v) is 4.80. The van der Waals surface area contributed by atoms with Crippen LogP contribution >= 0.6 is 0 Å².